The molecule has 0 spiro atoms. The largest absolute Gasteiger partial charge is 0.353 e. The number of carbonyl (C=O) groups is 1. The molecule has 3 fully saturated rings. The van der Waals surface area contributed by atoms with Crippen LogP contribution in [0, 0.1) is 17.8 Å². The van der Waals surface area contributed by atoms with Crippen LogP contribution in [0.5, 0.6) is 0 Å². The van der Waals surface area contributed by atoms with Crippen LogP contribution in [-0.4, -0.2) is 43.5 Å². The van der Waals surface area contributed by atoms with Crippen LogP contribution in [0.3, 0.4) is 0 Å². The molecule has 1 saturated heterocycles. The highest BCUT2D eigenvalue weighted by Gasteiger charge is 2.41. The van der Waals surface area contributed by atoms with Crippen molar-refractivity contribution >= 4 is 15.9 Å². The minimum Gasteiger partial charge on any atom is -0.353 e. The lowest BCUT2D eigenvalue weighted by Crippen LogP contribution is -2.48. The molecule has 6 heteroatoms. The fraction of sp³-hybridized carbons (Fsp3) is 0.933. The Hall–Kier alpha value is -0.620. The lowest BCUT2D eigenvalue weighted by Gasteiger charge is -2.32. The minimum absolute atomic E-state index is 0.0727. The van der Waals surface area contributed by atoms with Gasteiger partial charge >= 0.3 is 0 Å². The van der Waals surface area contributed by atoms with Gasteiger partial charge in [0.25, 0.3) is 0 Å². The molecule has 1 heterocycles. The molecule has 5 nitrogen and oxygen atoms in total. The topological polar surface area (TPSA) is 66.5 Å². The van der Waals surface area contributed by atoms with Gasteiger partial charge in [0.15, 0.2) is 0 Å². The number of nitrogens with one attached hydrogen (secondary N) is 1. The number of piperidine rings is 1. The number of hydrogen-bond donors (Lipinski definition) is 1. The molecular weight excluding hydrogens is 288 g/mol. The van der Waals surface area contributed by atoms with Crippen LogP contribution < -0.4 is 5.32 Å². The van der Waals surface area contributed by atoms with Crippen molar-refractivity contribution in [3.63, 3.8) is 0 Å². The lowest BCUT2D eigenvalue weighted by molar-refractivity contribution is -0.127. The third-order valence-corrected chi connectivity index (χ3v) is 7.43. The number of hydrogen-bond acceptors (Lipinski definition) is 3. The summed E-state index contributed by atoms with van der Waals surface area (Å²) in [6.07, 6.45) is 6.56. The van der Waals surface area contributed by atoms with Crippen LogP contribution in [0.25, 0.3) is 0 Å². The van der Waals surface area contributed by atoms with E-state index >= 15 is 0 Å². The zero-order valence-electron chi connectivity index (χ0n) is 12.8. The van der Waals surface area contributed by atoms with Gasteiger partial charge in [-0.3, -0.25) is 4.79 Å². The van der Waals surface area contributed by atoms with E-state index in [1.54, 1.807) is 6.92 Å². The van der Waals surface area contributed by atoms with Crippen molar-refractivity contribution in [3.8, 4) is 0 Å². The van der Waals surface area contributed by atoms with Crippen LogP contribution in [0.1, 0.15) is 45.4 Å². The number of carbonyl (C=O) groups excluding carboxylic acids is 1. The monoisotopic (exact) mass is 314 g/mol. The van der Waals surface area contributed by atoms with E-state index < -0.39 is 10.0 Å². The van der Waals surface area contributed by atoms with Gasteiger partial charge in [0, 0.05) is 19.1 Å². The predicted molar refractivity (Wildman–Crippen MR) is 81.1 cm³/mol. The first-order valence-corrected chi connectivity index (χ1v) is 9.88. The Morgan fingerprint density at radius 2 is 2.05 bits per heavy atom. The predicted octanol–water partition coefficient (Wildman–Crippen LogP) is 1.35. The number of amides is 1. The highest BCUT2D eigenvalue weighted by molar-refractivity contribution is 7.89. The van der Waals surface area contributed by atoms with Gasteiger partial charge in [0.05, 0.1) is 11.7 Å². The van der Waals surface area contributed by atoms with Crippen molar-refractivity contribution in [1.29, 1.82) is 0 Å². The molecule has 0 aromatic carbocycles. The van der Waals surface area contributed by atoms with Gasteiger partial charge in [-0.05, 0) is 50.9 Å². The lowest BCUT2D eigenvalue weighted by atomic mass is 9.93. The van der Waals surface area contributed by atoms with E-state index in [4.69, 9.17) is 0 Å². The van der Waals surface area contributed by atoms with Gasteiger partial charge in [-0.1, -0.05) is 6.42 Å². The maximum Gasteiger partial charge on any atom is 0.224 e. The molecule has 0 aromatic heterocycles. The van der Waals surface area contributed by atoms with Gasteiger partial charge in [-0.15, -0.1) is 0 Å². The maximum atomic E-state index is 12.5. The molecule has 0 radical (unpaired) electrons. The van der Waals surface area contributed by atoms with Crippen LogP contribution >= 0.6 is 0 Å². The second-order valence-electron chi connectivity index (χ2n) is 6.89. The summed E-state index contributed by atoms with van der Waals surface area (Å²) in [6, 6.07) is 0.342. The standard InChI is InChI=1S/C15H26N2O3S/c1-2-21(19,20)17-7-3-4-13(10-17)15(18)16-14-9-11-5-6-12(14)8-11/h11-14H,2-10H2,1H3,(H,16,18)/t11-,12-,13+,14-/m0/s1. The Kier molecular flexibility index (Phi) is 4.28. The van der Waals surface area contributed by atoms with Crippen molar-refractivity contribution in [1.82, 2.24) is 9.62 Å². The smallest absolute Gasteiger partial charge is 0.224 e. The Labute approximate surface area is 127 Å². The Bertz CT molecular complexity index is 505. The molecule has 2 bridgehead atoms. The SMILES string of the molecule is CCS(=O)(=O)N1CCC[C@@H](C(=O)N[C@H]2C[C@H]3CC[C@H]2C3)C1. The van der Waals surface area contributed by atoms with E-state index in [1.807, 2.05) is 0 Å². The fourth-order valence-corrected chi connectivity index (χ4v) is 5.49. The molecule has 0 aromatic rings. The molecule has 3 aliphatic rings. The normalized spacial score (nSPS) is 36.8. The highest BCUT2D eigenvalue weighted by Crippen LogP contribution is 2.44. The molecule has 0 unspecified atom stereocenters. The van der Waals surface area contributed by atoms with Gasteiger partial charge in [-0.2, -0.15) is 0 Å². The summed E-state index contributed by atoms with van der Waals surface area (Å²) in [5.74, 6) is 1.50. The van der Waals surface area contributed by atoms with Gasteiger partial charge in [-0.25, -0.2) is 12.7 Å². The summed E-state index contributed by atoms with van der Waals surface area (Å²) in [7, 11) is -3.17. The molecule has 1 amide bonds. The van der Waals surface area contributed by atoms with Gasteiger partial charge in [0.2, 0.25) is 15.9 Å². The van der Waals surface area contributed by atoms with Gasteiger partial charge < -0.3 is 5.32 Å². The summed E-state index contributed by atoms with van der Waals surface area (Å²) in [5, 5.41) is 3.21. The fourth-order valence-electron chi connectivity index (χ4n) is 4.31. The average Bonchev–Trinajstić information content (AvgIpc) is 3.10. The quantitative estimate of drug-likeness (QED) is 0.852. The zero-order chi connectivity index (χ0) is 15.0. The Morgan fingerprint density at radius 1 is 1.24 bits per heavy atom. The first-order valence-electron chi connectivity index (χ1n) is 8.27. The summed E-state index contributed by atoms with van der Waals surface area (Å²) in [5.41, 5.74) is 0. The van der Waals surface area contributed by atoms with Crippen LogP contribution in [0.4, 0.5) is 0 Å². The minimum atomic E-state index is -3.17. The van der Waals surface area contributed by atoms with Crippen molar-refractivity contribution in [2.75, 3.05) is 18.8 Å². The molecule has 120 valence electrons. The summed E-state index contributed by atoms with van der Waals surface area (Å²) >= 11 is 0. The first kappa shape index (κ1) is 15.3. The molecular formula is C15H26N2O3S. The van der Waals surface area contributed by atoms with E-state index in [1.165, 1.54) is 23.6 Å². The highest BCUT2D eigenvalue weighted by atomic mass is 32.2. The third-order valence-electron chi connectivity index (χ3n) is 5.58. The number of fused-ring (bicyclic) bond motifs is 2. The molecule has 4 atom stereocenters. The zero-order valence-corrected chi connectivity index (χ0v) is 13.6. The van der Waals surface area contributed by atoms with Crippen molar-refractivity contribution < 1.29 is 13.2 Å². The first-order chi connectivity index (χ1) is 9.99. The second kappa shape index (κ2) is 5.88. The van der Waals surface area contributed by atoms with E-state index in [-0.39, 0.29) is 17.6 Å². The van der Waals surface area contributed by atoms with Crippen molar-refractivity contribution in [2.24, 2.45) is 17.8 Å². The third kappa shape index (κ3) is 3.11. The molecule has 1 aliphatic heterocycles. The number of sulfonamides is 1. The molecule has 2 saturated carbocycles. The number of rotatable bonds is 4. The number of nitrogens with zero attached hydrogens (tertiary/aromatic N) is 1. The van der Waals surface area contributed by atoms with E-state index in [0.29, 0.717) is 25.0 Å². The van der Waals surface area contributed by atoms with Crippen molar-refractivity contribution in [2.45, 2.75) is 51.5 Å². The second-order valence-corrected chi connectivity index (χ2v) is 9.15. The Balaban J connectivity index is 1.57. The maximum absolute atomic E-state index is 12.5. The molecule has 21 heavy (non-hydrogen) atoms. The van der Waals surface area contributed by atoms with E-state index in [2.05, 4.69) is 5.32 Å². The van der Waals surface area contributed by atoms with Crippen LogP contribution in [-0.2, 0) is 14.8 Å². The van der Waals surface area contributed by atoms with Crippen LogP contribution in [0.15, 0.2) is 0 Å². The van der Waals surface area contributed by atoms with E-state index in [0.717, 1.165) is 25.2 Å². The summed E-state index contributed by atoms with van der Waals surface area (Å²) in [4.78, 5) is 12.5. The van der Waals surface area contributed by atoms with Gasteiger partial charge in [0.1, 0.15) is 0 Å². The molecule has 3 rings (SSSR count). The molecule has 2 aliphatic carbocycles. The van der Waals surface area contributed by atoms with E-state index in [9.17, 15) is 13.2 Å². The summed E-state index contributed by atoms with van der Waals surface area (Å²) < 4.78 is 25.4. The average molecular weight is 314 g/mol. The van der Waals surface area contributed by atoms with Crippen LogP contribution in [0.2, 0.25) is 0 Å². The van der Waals surface area contributed by atoms with Crippen molar-refractivity contribution in [3.05, 3.63) is 0 Å². The summed E-state index contributed by atoms with van der Waals surface area (Å²) in [6.45, 7) is 2.59. The molecule has 1 N–H and O–H groups in total. The Morgan fingerprint density at radius 3 is 2.67 bits per heavy atom.